The van der Waals surface area contributed by atoms with E-state index in [2.05, 4.69) is 29.4 Å². The van der Waals surface area contributed by atoms with Gasteiger partial charge in [-0.25, -0.2) is 0 Å². The van der Waals surface area contributed by atoms with Crippen LogP contribution in [0.4, 0.5) is 0 Å². The van der Waals surface area contributed by atoms with Crippen LogP contribution < -0.4 is 10.6 Å². The third-order valence-electron chi connectivity index (χ3n) is 4.40. The number of guanidine groups is 1. The second-order valence-electron chi connectivity index (χ2n) is 7.05. The van der Waals surface area contributed by atoms with Gasteiger partial charge in [-0.1, -0.05) is 13.8 Å². The number of methoxy groups -OCH3 is 1. The summed E-state index contributed by atoms with van der Waals surface area (Å²) >= 11 is 0. The molecular weight excluding hydrogens is 443 g/mol. The van der Waals surface area contributed by atoms with E-state index < -0.39 is 0 Å². The van der Waals surface area contributed by atoms with E-state index in [0.717, 1.165) is 37.8 Å². The summed E-state index contributed by atoms with van der Waals surface area (Å²) < 4.78 is 10.5. The highest BCUT2D eigenvalue weighted by Gasteiger charge is 2.24. The summed E-state index contributed by atoms with van der Waals surface area (Å²) in [5.41, 5.74) is 0. The molecule has 0 aliphatic carbocycles. The molecule has 0 aromatic carbocycles. The summed E-state index contributed by atoms with van der Waals surface area (Å²) in [6.07, 6.45) is 5.09. The molecule has 0 radical (unpaired) electrons. The summed E-state index contributed by atoms with van der Waals surface area (Å²) in [4.78, 5) is 7.41. The maximum atomic E-state index is 5.38. The number of nitrogens with one attached hydrogen (secondary N) is 2. The van der Waals surface area contributed by atoms with Crippen LogP contribution in [0.15, 0.2) is 27.8 Å². The van der Waals surface area contributed by atoms with Gasteiger partial charge in [-0.15, -0.1) is 24.0 Å². The number of rotatable bonds is 10. The first-order chi connectivity index (χ1) is 12.2. The first-order valence-corrected chi connectivity index (χ1v) is 9.46. The molecule has 1 atom stereocenters. The summed E-state index contributed by atoms with van der Waals surface area (Å²) in [5, 5.41) is 6.75. The normalized spacial score (nSPS) is 18.2. The fraction of sp³-hybridized carbons (Fsp3) is 0.737. The molecule has 6 nitrogen and oxygen atoms in total. The Morgan fingerprint density at radius 1 is 1.38 bits per heavy atom. The molecule has 1 saturated heterocycles. The number of aliphatic imine (C=N–C) groups is 1. The van der Waals surface area contributed by atoms with E-state index in [4.69, 9.17) is 14.1 Å². The van der Waals surface area contributed by atoms with Crippen molar-refractivity contribution in [3.8, 4) is 0 Å². The minimum absolute atomic E-state index is 0. The lowest BCUT2D eigenvalue weighted by molar-refractivity contribution is 0.203. The van der Waals surface area contributed by atoms with Gasteiger partial charge in [0.1, 0.15) is 5.76 Å². The van der Waals surface area contributed by atoms with Gasteiger partial charge in [0, 0.05) is 39.2 Å². The molecule has 1 aliphatic rings. The van der Waals surface area contributed by atoms with Gasteiger partial charge >= 0.3 is 0 Å². The van der Waals surface area contributed by atoms with Crippen molar-refractivity contribution in [1.82, 2.24) is 15.5 Å². The fourth-order valence-electron chi connectivity index (χ4n) is 3.21. The van der Waals surface area contributed by atoms with Crippen molar-refractivity contribution in [3.05, 3.63) is 24.2 Å². The molecular formula is C19H35IN4O2. The Balaban J connectivity index is 0.00000338. The number of halogens is 1. The van der Waals surface area contributed by atoms with E-state index in [1.54, 1.807) is 13.4 Å². The summed E-state index contributed by atoms with van der Waals surface area (Å²) in [6.45, 7) is 10.0. The van der Waals surface area contributed by atoms with Crippen molar-refractivity contribution >= 4 is 29.9 Å². The van der Waals surface area contributed by atoms with Crippen LogP contribution in [0.3, 0.4) is 0 Å². The Kier molecular flexibility index (Phi) is 12.0. The molecule has 0 bridgehead atoms. The zero-order chi connectivity index (χ0) is 17.9. The molecule has 26 heavy (non-hydrogen) atoms. The van der Waals surface area contributed by atoms with Gasteiger partial charge < -0.3 is 19.8 Å². The first-order valence-electron chi connectivity index (χ1n) is 9.46. The summed E-state index contributed by atoms with van der Waals surface area (Å²) in [7, 11) is 1.71. The number of likely N-dealkylation sites (tertiary alicyclic amines) is 1. The van der Waals surface area contributed by atoms with Gasteiger partial charge in [0.25, 0.3) is 0 Å². The Hall–Kier alpha value is -0.800. The van der Waals surface area contributed by atoms with Crippen molar-refractivity contribution in [2.24, 2.45) is 10.9 Å². The molecule has 0 unspecified atom stereocenters. The van der Waals surface area contributed by atoms with E-state index in [-0.39, 0.29) is 24.0 Å². The third kappa shape index (κ3) is 8.73. The first kappa shape index (κ1) is 23.2. The smallest absolute Gasteiger partial charge is 0.191 e. The Bertz CT molecular complexity index is 494. The Morgan fingerprint density at radius 2 is 2.19 bits per heavy atom. The van der Waals surface area contributed by atoms with Crippen molar-refractivity contribution in [3.63, 3.8) is 0 Å². The minimum Gasteiger partial charge on any atom is -0.469 e. The van der Waals surface area contributed by atoms with Gasteiger partial charge in [0.05, 0.1) is 19.4 Å². The Labute approximate surface area is 175 Å². The SMILES string of the molecule is COCCNC(=NC[C@H]1CCCN1CC(C)C)NCCc1ccco1.I. The number of hydrogen-bond donors (Lipinski definition) is 2. The van der Waals surface area contributed by atoms with Gasteiger partial charge in [0.2, 0.25) is 0 Å². The molecule has 2 rings (SSSR count). The van der Waals surface area contributed by atoms with Crippen LogP contribution in [0.25, 0.3) is 0 Å². The molecule has 1 aliphatic heterocycles. The molecule has 2 heterocycles. The van der Waals surface area contributed by atoms with Crippen LogP contribution in [0.2, 0.25) is 0 Å². The van der Waals surface area contributed by atoms with Crippen molar-refractivity contribution < 1.29 is 9.15 Å². The lowest BCUT2D eigenvalue weighted by Gasteiger charge is -2.25. The topological polar surface area (TPSA) is 62.0 Å². The average molecular weight is 478 g/mol. The quantitative estimate of drug-likeness (QED) is 0.235. The second kappa shape index (κ2) is 13.4. The van der Waals surface area contributed by atoms with Crippen LogP contribution in [0, 0.1) is 5.92 Å². The van der Waals surface area contributed by atoms with Crippen molar-refractivity contribution in [2.75, 3.05) is 46.4 Å². The van der Waals surface area contributed by atoms with Gasteiger partial charge in [-0.2, -0.15) is 0 Å². The van der Waals surface area contributed by atoms with E-state index in [0.29, 0.717) is 18.6 Å². The van der Waals surface area contributed by atoms with E-state index in [1.807, 2.05) is 12.1 Å². The number of nitrogens with zero attached hydrogens (tertiary/aromatic N) is 2. The molecule has 1 aromatic rings. The maximum Gasteiger partial charge on any atom is 0.191 e. The molecule has 2 N–H and O–H groups in total. The van der Waals surface area contributed by atoms with Gasteiger partial charge in [-0.05, 0) is 37.4 Å². The zero-order valence-corrected chi connectivity index (χ0v) is 18.7. The predicted octanol–water partition coefficient (Wildman–Crippen LogP) is 2.74. The van der Waals surface area contributed by atoms with Gasteiger partial charge in [-0.3, -0.25) is 9.89 Å². The lowest BCUT2D eigenvalue weighted by Crippen LogP contribution is -2.41. The third-order valence-corrected chi connectivity index (χ3v) is 4.40. The monoisotopic (exact) mass is 478 g/mol. The molecule has 0 spiro atoms. The number of furan rings is 1. The molecule has 7 heteroatoms. The predicted molar refractivity (Wildman–Crippen MR) is 117 cm³/mol. The van der Waals surface area contributed by atoms with Crippen molar-refractivity contribution in [2.45, 2.75) is 39.2 Å². The van der Waals surface area contributed by atoms with E-state index >= 15 is 0 Å². The average Bonchev–Trinajstić information content (AvgIpc) is 3.24. The highest BCUT2D eigenvalue weighted by molar-refractivity contribution is 14.0. The highest BCUT2D eigenvalue weighted by atomic mass is 127. The van der Waals surface area contributed by atoms with Crippen LogP contribution in [0.5, 0.6) is 0 Å². The molecule has 1 aromatic heterocycles. The fourth-order valence-corrected chi connectivity index (χ4v) is 3.21. The molecule has 150 valence electrons. The molecule has 0 amide bonds. The van der Waals surface area contributed by atoms with Crippen molar-refractivity contribution in [1.29, 1.82) is 0 Å². The number of ether oxygens (including phenoxy) is 1. The Morgan fingerprint density at radius 3 is 2.88 bits per heavy atom. The van der Waals surface area contributed by atoms with Crippen LogP contribution in [-0.2, 0) is 11.2 Å². The van der Waals surface area contributed by atoms with E-state index in [9.17, 15) is 0 Å². The standard InChI is InChI=1S/C19H34N4O2.HI/c1-16(2)15-23-11-4-6-17(23)14-22-19(21-10-13-24-3)20-9-8-18-7-5-12-25-18;/h5,7,12,16-17H,4,6,8-11,13-15H2,1-3H3,(H2,20,21,22);1H/t17-;/m1./s1. The second-order valence-corrected chi connectivity index (χ2v) is 7.05. The molecule has 0 saturated carbocycles. The van der Waals surface area contributed by atoms with Crippen LogP contribution in [-0.4, -0.2) is 63.3 Å². The minimum atomic E-state index is 0. The number of hydrogen-bond acceptors (Lipinski definition) is 4. The van der Waals surface area contributed by atoms with E-state index in [1.165, 1.54) is 25.9 Å². The largest absolute Gasteiger partial charge is 0.469 e. The molecule has 1 fully saturated rings. The summed E-state index contributed by atoms with van der Waals surface area (Å²) in [5.74, 6) is 2.55. The lowest BCUT2D eigenvalue weighted by atomic mass is 10.2. The van der Waals surface area contributed by atoms with Crippen LogP contribution in [0.1, 0.15) is 32.4 Å². The maximum absolute atomic E-state index is 5.38. The summed E-state index contributed by atoms with van der Waals surface area (Å²) in [6, 6.07) is 4.48. The zero-order valence-electron chi connectivity index (χ0n) is 16.4. The van der Waals surface area contributed by atoms with Crippen LogP contribution >= 0.6 is 24.0 Å². The van der Waals surface area contributed by atoms with Gasteiger partial charge in [0.15, 0.2) is 5.96 Å². The highest BCUT2D eigenvalue weighted by Crippen LogP contribution is 2.18.